The van der Waals surface area contributed by atoms with Gasteiger partial charge in [-0.2, -0.15) is 0 Å². The van der Waals surface area contributed by atoms with Gasteiger partial charge in [-0.25, -0.2) is 0 Å². The summed E-state index contributed by atoms with van der Waals surface area (Å²) >= 11 is 3.39. The highest BCUT2D eigenvalue weighted by atomic mass is 79.9. The lowest BCUT2D eigenvalue weighted by Gasteiger charge is -2.50. The highest BCUT2D eigenvalue weighted by Gasteiger charge is 2.50. The van der Waals surface area contributed by atoms with Crippen LogP contribution in [0.2, 0.25) is 0 Å². The van der Waals surface area contributed by atoms with Crippen LogP contribution in [0.15, 0.2) is 28.7 Å². The molecule has 0 aliphatic carbocycles. The van der Waals surface area contributed by atoms with Gasteiger partial charge >= 0.3 is 0 Å². The summed E-state index contributed by atoms with van der Waals surface area (Å²) in [6.07, 6.45) is 0.569. The summed E-state index contributed by atoms with van der Waals surface area (Å²) in [6, 6.07) is 7.74. The fourth-order valence-electron chi connectivity index (χ4n) is 2.14. The molecule has 0 radical (unpaired) electrons. The zero-order valence-corrected chi connectivity index (χ0v) is 12.4. The summed E-state index contributed by atoms with van der Waals surface area (Å²) in [5.41, 5.74) is 0.00825. The molecule has 104 valence electrons. The Morgan fingerprint density at radius 2 is 1.68 bits per heavy atom. The lowest BCUT2D eigenvalue weighted by Crippen LogP contribution is -2.59. The van der Waals surface area contributed by atoms with Crippen LogP contribution in [0.1, 0.15) is 13.3 Å². The molecule has 3 aliphatic rings. The summed E-state index contributed by atoms with van der Waals surface area (Å²) in [5.74, 6) is -0.0660. The van der Waals surface area contributed by atoms with Gasteiger partial charge in [0.2, 0.25) is 0 Å². The molecule has 0 aromatic heterocycles. The van der Waals surface area contributed by atoms with Gasteiger partial charge in [-0.3, -0.25) is 0 Å². The first-order chi connectivity index (χ1) is 9.09. The second-order valence-corrected chi connectivity index (χ2v) is 6.33. The van der Waals surface area contributed by atoms with E-state index in [1.807, 2.05) is 24.3 Å². The summed E-state index contributed by atoms with van der Waals surface area (Å²) in [4.78, 5) is 0. The maximum atomic E-state index is 5.69. The second kappa shape index (κ2) is 5.05. The summed E-state index contributed by atoms with van der Waals surface area (Å²) in [6.45, 7) is 4.66. The Labute approximate surface area is 121 Å². The minimum absolute atomic E-state index is 0.00825. The average Bonchev–Trinajstić information content (AvgIpc) is 2.43. The summed E-state index contributed by atoms with van der Waals surface area (Å²) in [5, 5.41) is 0. The first kappa shape index (κ1) is 13.4. The van der Waals surface area contributed by atoms with Gasteiger partial charge < -0.3 is 18.9 Å². The third kappa shape index (κ3) is 2.94. The van der Waals surface area contributed by atoms with E-state index in [1.54, 1.807) is 0 Å². The predicted molar refractivity (Wildman–Crippen MR) is 72.9 cm³/mol. The molecule has 19 heavy (non-hydrogen) atoms. The molecule has 3 fully saturated rings. The van der Waals surface area contributed by atoms with Gasteiger partial charge in [0.25, 0.3) is 5.97 Å². The van der Waals surface area contributed by atoms with Crippen molar-refractivity contribution in [2.45, 2.75) is 19.3 Å². The van der Waals surface area contributed by atoms with Gasteiger partial charge in [-0.1, -0.05) is 22.9 Å². The van der Waals surface area contributed by atoms with Crippen LogP contribution in [0.4, 0.5) is 0 Å². The van der Waals surface area contributed by atoms with Crippen LogP contribution in [-0.2, 0) is 14.2 Å². The van der Waals surface area contributed by atoms with Crippen molar-refractivity contribution in [1.82, 2.24) is 0 Å². The number of rotatable bonds is 4. The number of benzene rings is 1. The van der Waals surface area contributed by atoms with E-state index in [9.17, 15) is 0 Å². The van der Waals surface area contributed by atoms with Crippen LogP contribution in [0.25, 0.3) is 0 Å². The molecule has 0 unspecified atom stereocenters. The molecule has 5 heteroatoms. The van der Waals surface area contributed by atoms with Gasteiger partial charge in [0, 0.05) is 9.89 Å². The van der Waals surface area contributed by atoms with Crippen molar-refractivity contribution in [3.63, 3.8) is 0 Å². The Bertz CT molecular complexity index is 421. The predicted octanol–water partition coefficient (Wildman–Crippen LogP) is 2.96. The topological polar surface area (TPSA) is 36.9 Å². The Hall–Kier alpha value is -0.620. The molecule has 0 saturated carbocycles. The maximum Gasteiger partial charge on any atom is 0.286 e. The molecule has 1 aromatic rings. The van der Waals surface area contributed by atoms with Crippen LogP contribution >= 0.6 is 15.9 Å². The fraction of sp³-hybridized carbons (Fsp3) is 0.571. The fourth-order valence-corrected chi connectivity index (χ4v) is 2.41. The van der Waals surface area contributed by atoms with Crippen molar-refractivity contribution >= 4 is 15.9 Å². The summed E-state index contributed by atoms with van der Waals surface area (Å²) in [7, 11) is 0. The number of hydrogen-bond donors (Lipinski definition) is 0. The highest BCUT2D eigenvalue weighted by Crippen LogP contribution is 2.39. The molecule has 4 nitrogen and oxygen atoms in total. The van der Waals surface area contributed by atoms with Crippen molar-refractivity contribution in [2.24, 2.45) is 5.41 Å². The van der Waals surface area contributed by atoms with Crippen LogP contribution in [-0.4, -0.2) is 32.4 Å². The van der Waals surface area contributed by atoms with E-state index in [4.69, 9.17) is 18.9 Å². The number of fused-ring (bicyclic) bond motifs is 3. The average molecular weight is 329 g/mol. The molecule has 0 N–H and O–H groups in total. The molecular formula is C14H17BrO4. The normalized spacial score (nSPS) is 33.4. The lowest BCUT2D eigenvalue weighted by molar-refractivity contribution is -0.468. The second-order valence-electron chi connectivity index (χ2n) is 5.41. The molecule has 2 bridgehead atoms. The highest BCUT2D eigenvalue weighted by molar-refractivity contribution is 9.10. The number of halogens is 1. The molecule has 3 saturated heterocycles. The van der Waals surface area contributed by atoms with Gasteiger partial charge in [-0.15, -0.1) is 0 Å². The summed E-state index contributed by atoms with van der Waals surface area (Å²) < 4.78 is 23.8. The van der Waals surface area contributed by atoms with Crippen molar-refractivity contribution < 1.29 is 18.9 Å². The molecule has 0 amide bonds. The first-order valence-electron chi connectivity index (χ1n) is 6.40. The zero-order chi connectivity index (χ0) is 13.3. The molecule has 3 heterocycles. The van der Waals surface area contributed by atoms with Gasteiger partial charge in [-0.05, 0) is 24.3 Å². The maximum absolute atomic E-state index is 5.69. The minimum Gasteiger partial charge on any atom is -0.493 e. The van der Waals surface area contributed by atoms with Gasteiger partial charge in [0.15, 0.2) is 0 Å². The lowest BCUT2D eigenvalue weighted by atomic mass is 9.91. The Kier molecular flexibility index (Phi) is 3.55. The molecule has 3 aliphatic heterocycles. The van der Waals surface area contributed by atoms with E-state index >= 15 is 0 Å². The third-order valence-electron chi connectivity index (χ3n) is 3.41. The standard InChI is InChI=1S/C14H17BrO4/c1-13-8-17-14(18-9-13,19-10-13)6-7-16-12-4-2-11(15)3-5-12/h2-5H,6-10H2,1H3. The monoisotopic (exact) mass is 328 g/mol. The number of ether oxygens (including phenoxy) is 4. The molecule has 1 aromatic carbocycles. The van der Waals surface area contributed by atoms with Crippen LogP contribution in [0.5, 0.6) is 5.75 Å². The van der Waals surface area contributed by atoms with Crippen molar-refractivity contribution in [3.8, 4) is 5.75 Å². The molecule has 4 rings (SSSR count). The van der Waals surface area contributed by atoms with E-state index in [1.165, 1.54) is 0 Å². The van der Waals surface area contributed by atoms with Crippen molar-refractivity contribution in [2.75, 3.05) is 26.4 Å². The quantitative estimate of drug-likeness (QED) is 0.851. The van der Waals surface area contributed by atoms with Crippen LogP contribution < -0.4 is 4.74 Å². The van der Waals surface area contributed by atoms with Gasteiger partial charge in [0.1, 0.15) is 5.75 Å². The van der Waals surface area contributed by atoms with E-state index in [0.717, 1.165) is 10.2 Å². The number of hydrogen-bond acceptors (Lipinski definition) is 4. The SMILES string of the molecule is CC12COC(CCOc3ccc(Br)cc3)(OC1)OC2. The minimum atomic E-state index is -0.896. The van der Waals surface area contributed by atoms with E-state index < -0.39 is 5.97 Å². The third-order valence-corrected chi connectivity index (χ3v) is 3.94. The molecule has 0 spiro atoms. The largest absolute Gasteiger partial charge is 0.493 e. The van der Waals surface area contributed by atoms with Crippen LogP contribution in [0, 0.1) is 5.41 Å². The Morgan fingerprint density at radius 3 is 2.26 bits per heavy atom. The molecule has 0 atom stereocenters. The van der Waals surface area contributed by atoms with Crippen LogP contribution in [0.3, 0.4) is 0 Å². The van der Waals surface area contributed by atoms with E-state index in [-0.39, 0.29) is 5.41 Å². The van der Waals surface area contributed by atoms with Gasteiger partial charge in [0.05, 0.1) is 32.8 Å². The first-order valence-corrected chi connectivity index (χ1v) is 7.19. The van der Waals surface area contributed by atoms with Crippen molar-refractivity contribution in [3.05, 3.63) is 28.7 Å². The smallest absolute Gasteiger partial charge is 0.286 e. The molecular weight excluding hydrogens is 312 g/mol. The Balaban J connectivity index is 1.51. The zero-order valence-electron chi connectivity index (χ0n) is 10.9. The van der Waals surface area contributed by atoms with E-state index in [2.05, 4.69) is 22.9 Å². The van der Waals surface area contributed by atoms with Crippen molar-refractivity contribution in [1.29, 1.82) is 0 Å². The Morgan fingerprint density at radius 1 is 1.11 bits per heavy atom. The van der Waals surface area contributed by atoms with E-state index in [0.29, 0.717) is 32.8 Å².